The average molecular weight is 390 g/mol. The quantitative estimate of drug-likeness (QED) is 0.570. The monoisotopic (exact) mass is 390 g/mol. The number of carbonyl (C=O) groups is 1. The first-order chi connectivity index (χ1) is 12.7. The van der Waals surface area contributed by atoms with Crippen molar-refractivity contribution < 1.29 is 22.7 Å². The Bertz CT molecular complexity index is 1100. The van der Waals surface area contributed by atoms with E-state index >= 15 is 0 Å². The van der Waals surface area contributed by atoms with Crippen molar-refractivity contribution in [3.05, 3.63) is 36.4 Å². The van der Waals surface area contributed by atoms with Gasteiger partial charge in [0.2, 0.25) is 10.0 Å². The highest BCUT2D eigenvalue weighted by Gasteiger charge is 2.28. The van der Waals surface area contributed by atoms with E-state index in [0.717, 1.165) is 23.0 Å². The number of carboxylic acid groups (broad SMARTS) is 1. The molecule has 3 rings (SSSR count). The van der Waals surface area contributed by atoms with Crippen LogP contribution in [0, 0.1) is 5.92 Å². The molecule has 144 valence electrons. The maximum absolute atomic E-state index is 12.6. The molecule has 7 nitrogen and oxygen atoms in total. The second-order valence-electron chi connectivity index (χ2n) is 6.68. The fourth-order valence-corrected chi connectivity index (χ4v) is 4.30. The van der Waals surface area contributed by atoms with Gasteiger partial charge in [-0.1, -0.05) is 13.8 Å². The topological polar surface area (TPSA) is 109 Å². The fourth-order valence-electron chi connectivity index (χ4n) is 2.95. The van der Waals surface area contributed by atoms with Crippen LogP contribution < -0.4 is 10.0 Å². The Labute approximate surface area is 157 Å². The molecule has 0 bridgehead atoms. The van der Waals surface area contributed by atoms with E-state index in [0.29, 0.717) is 11.2 Å². The Morgan fingerprint density at radius 1 is 1.11 bits per heavy atom. The van der Waals surface area contributed by atoms with Crippen molar-refractivity contribution in [3.63, 3.8) is 0 Å². The zero-order chi connectivity index (χ0) is 19.8. The normalized spacial score (nSPS) is 13.3. The van der Waals surface area contributed by atoms with E-state index in [1.165, 1.54) is 12.1 Å². The SMILES string of the molecule is CCNc1ccc2oc3cc(S(=O)(=O)N[C@H](C(=O)O)C(C)C)ccc3c2c1. The molecule has 0 aliphatic rings. The van der Waals surface area contributed by atoms with Gasteiger partial charge >= 0.3 is 5.97 Å². The van der Waals surface area contributed by atoms with E-state index in [1.807, 2.05) is 25.1 Å². The van der Waals surface area contributed by atoms with Gasteiger partial charge < -0.3 is 14.8 Å². The summed E-state index contributed by atoms with van der Waals surface area (Å²) in [5.41, 5.74) is 2.03. The number of hydrogen-bond acceptors (Lipinski definition) is 5. The molecule has 3 N–H and O–H groups in total. The Balaban J connectivity index is 2.03. The number of hydrogen-bond donors (Lipinski definition) is 3. The van der Waals surface area contributed by atoms with Crippen LogP contribution in [-0.2, 0) is 14.8 Å². The minimum atomic E-state index is -4.00. The van der Waals surface area contributed by atoms with Crippen molar-refractivity contribution in [1.29, 1.82) is 0 Å². The van der Waals surface area contributed by atoms with Gasteiger partial charge in [0.05, 0.1) is 4.90 Å². The number of benzene rings is 2. The molecule has 0 saturated heterocycles. The number of fused-ring (bicyclic) bond motifs is 3. The molecule has 0 aliphatic heterocycles. The number of rotatable bonds is 7. The molecule has 1 heterocycles. The Kier molecular flexibility index (Phi) is 5.12. The van der Waals surface area contributed by atoms with Crippen LogP contribution in [0.25, 0.3) is 21.9 Å². The van der Waals surface area contributed by atoms with Crippen molar-refractivity contribution in [1.82, 2.24) is 4.72 Å². The van der Waals surface area contributed by atoms with Crippen LogP contribution in [0.3, 0.4) is 0 Å². The molecule has 0 unspecified atom stereocenters. The summed E-state index contributed by atoms with van der Waals surface area (Å²) in [6, 6.07) is 9.03. The lowest BCUT2D eigenvalue weighted by atomic mass is 10.1. The Morgan fingerprint density at radius 3 is 2.48 bits per heavy atom. The van der Waals surface area contributed by atoms with Crippen LogP contribution in [0.4, 0.5) is 5.69 Å². The maximum atomic E-state index is 12.6. The summed E-state index contributed by atoms with van der Waals surface area (Å²) in [5.74, 6) is -1.61. The molecule has 1 aromatic heterocycles. The van der Waals surface area contributed by atoms with Gasteiger partial charge in [-0.2, -0.15) is 4.72 Å². The number of nitrogens with one attached hydrogen (secondary N) is 2. The van der Waals surface area contributed by atoms with Crippen LogP contribution >= 0.6 is 0 Å². The standard InChI is InChI=1S/C19H22N2O5S/c1-4-20-12-5-8-16-15(9-12)14-7-6-13(10-17(14)26-16)27(24,25)21-18(11(2)3)19(22)23/h5-11,18,20-21H,4H2,1-3H3,(H,22,23)/t18-/m0/s1. The van der Waals surface area contributed by atoms with Crippen molar-refractivity contribution in [2.45, 2.75) is 31.7 Å². The van der Waals surface area contributed by atoms with E-state index in [-0.39, 0.29) is 4.90 Å². The first-order valence-corrected chi connectivity index (χ1v) is 10.2. The van der Waals surface area contributed by atoms with Gasteiger partial charge in [0, 0.05) is 29.1 Å². The van der Waals surface area contributed by atoms with Crippen LogP contribution in [0.15, 0.2) is 45.7 Å². The maximum Gasteiger partial charge on any atom is 0.322 e. The summed E-state index contributed by atoms with van der Waals surface area (Å²) >= 11 is 0. The lowest BCUT2D eigenvalue weighted by Gasteiger charge is -2.17. The summed E-state index contributed by atoms with van der Waals surface area (Å²) in [6.45, 7) is 6.08. The molecule has 8 heteroatoms. The molecule has 27 heavy (non-hydrogen) atoms. The highest BCUT2D eigenvalue weighted by molar-refractivity contribution is 7.89. The second kappa shape index (κ2) is 7.21. The number of aliphatic carboxylic acids is 1. The summed E-state index contributed by atoms with van der Waals surface area (Å²) < 4.78 is 33.3. The minimum absolute atomic E-state index is 0.0344. The van der Waals surface area contributed by atoms with Gasteiger partial charge in [-0.15, -0.1) is 0 Å². The Hall–Kier alpha value is -2.58. The van der Waals surface area contributed by atoms with Crippen molar-refractivity contribution in [2.75, 3.05) is 11.9 Å². The predicted molar refractivity (Wildman–Crippen MR) is 104 cm³/mol. The first kappa shape index (κ1) is 19.2. The van der Waals surface area contributed by atoms with E-state index in [2.05, 4.69) is 10.0 Å². The third-order valence-electron chi connectivity index (χ3n) is 4.35. The van der Waals surface area contributed by atoms with Crippen molar-refractivity contribution >= 4 is 43.6 Å². The molecule has 0 aliphatic carbocycles. The lowest BCUT2D eigenvalue weighted by Crippen LogP contribution is -2.44. The Morgan fingerprint density at radius 2 is 1.85 bits per heavy atom. The smallest absolute Gasteiger partial charge is 0.322 e. The van der Waals surface area contributed by atoms with Gasteiger partial charge in [-0.05, 0) is 43.2 Å². The van der Waals surface area contributed by atoms with Gasteiger partial charge in [-0.25, -0.2) is 8.42 Å². The average Bonchev–Trinajstić information content (AvgIpc) is 2.96. The molecule has 0 fully saturated rings. The second-order valence-corrected chi connectivity index (χ2v) is 8.40. The van der Waals surface area contributed by atoms with E-state index in [9.17, 15) is 18.3 Å². The molecule has 1 atom stereocenters. The van der Waals surface area contributed by atoms with E-state index < -0.39 is 28.0 Å². The third-order valence-corrected chi connectivity index (χ3v) is 5.79. The van der Waals surface area contributed by atoms with Crippen LogP contribution in [0.1, 0.15) is 20.8 Å². The number of carboxylic acids is 1. The largest absolute Gasteiger partial charge is 0.480 e. The van der Waals surface area contributed by atoms with Gasteiger partial charge in [0.15, 0.2) is 0 Å². The highest BCUT2D eigenvalue weighted by Crippen LogP contribution is 2.32. The zero-order valence-electron chi connectivity index (χ0n) is 15.3. The summed E-state index contributed by atoms with van der Waals surface area (Å²) in [4.78, 5) is 11.3. The highest BCUT2D eigenvalue weighted by atomic mass is 32.2. The molecular weight excluding hydrogens is 368 g/mol. The number of sulfonamides is 1. The summed E-state index contributed by atoms with van der Waals surface area (Å²) in [6.07, 6.45) is 0. The molecular formula is C19H22N2O5S. The molecule has 0 saturated carbocycles. The molecule has 0 amide bonds. The van der Waals surface area contributed by atoms with Gasteiger partial charge in [0.1, 0.15) is 17.2 Å². The van der Waals surface area contributed by atoms with Crippen LogP contribution in [0.2, 0.25) is 0 Å². The van der Waals surface area contributed by atoms with Crippen molar-refractivity contribution in [2.24, 2.45) is 5.92 Å². The number of anilines is 1. The first-order valence-electron chi connectivity index (χ1n) is 8.68. The summed E-state index contributed by atoms with van der Waals surface area (Å²) in [7, 11) is -4.00. The zero-order valence-corrected chi connectivity index (χ0v) is 16.1. The summed E-state index contributed by atoms with van der Waals surface area (Å²) in [5, 5.41) is 14.1. The van der Waals surface area contributed by atoms with Crippen molar-refractivity contribution in [3.8, 4) is 0 Å². The van der Waals surface area contributed by atoms with E-state index in [1.54, 1.807) is 19.9 Å². The third kappa shape index (κ3) is 3.77. The molecule has 3 aromatic rings. The fraction of sp³-hybridized carbons (Fsp3) is 0.316. The molecule has 0 spiro atoms. The predicted octanol–water partition coefficient (Wildman–Crippen LogP) is 3.41. The lowest BCUT2D eigenvalue weighted by molar-refractivity contribution is -0.140. The van der Waals surface area contributed by atoms with Gasteiger partial charge in [0.25, 0.3) is 0 Å². The molecule has 2 aromatic carbocycles. The minimum Gasteiger partial charge on any atom is -0.480 e. The van der Waals surface area contributed by atoms with E-state index in [4.69, 9.17) is 4.42 Å². The molecule has 0 radical (unpaired) electrons. The van der Waals surface area contributed by atoms with Crippen LogP contribution in [-0.4, -0.2) is 32.1 Å². The number of furan rings is 1. The van der Waals surface area contributed by atoms with Crippen LogP contribution in [0.5, 0.6) is 0 Å². The van der Waals surface area contributed by atoms with Gasteiger partial charge in [-0.3, -0.25) is 4.79 Å².